The van der Waals surface area contributed by atoms with Gasteiger partial charge in [0.15, 0.2) is 0 Å². The Kier molecular flexibility index (Phi) is 3.01. The third-order valence-corrected chi connectivity index (χ3v) is 5.20. The Morgan fingerprint density at radius 2 is 2.00 bits per heavy atom. The van der Waals surface area contributed by atoms with Gasteiger partial charge in [0.25, 0.3) is 0 Å². The molecule has 1 aliphatic carbocycles. The van der Waals surface area contributed by atoms with Crippen LogP contribution in [0.15, 0.2) is 30.7 Å². The van der Waals surface area contributed by atoms with E-state index in [2.05, 4.69) is 36.1 Å². The van der Waals surface area contributed by atoms with Crippen molar-refractivity contribution in [3.05, 3.63) is 30.7 Å². The van der Waals surface area contributed by atoms with Crippen molar-refractivity contribution in [2.24, 2.45) is 11.7 Å². The molecule has 5 N–H and O–H groups in total. The van der Waals surface area contributed by atoms with Gasteiger partial charge in [-0.05, 0) is 43.0 Å². The molecular formula is C17H18N8. The van der Waals surface area contributed by atoms with E-state index in [1.165, 1.54) is 6.33 Å². The highest BCUT2D eigenvalue weighted by Crippen LogP contribution is 2.42. The highest BCUT2D eigenvalue weighted by atomic mass is 15.3. The first-order valence-corrected chi connectivity index (χ1v) is 8.36. The molecule has 3 heterocycles. The zero-order chi connectivity index (χ0) is 17.0. The highest BCUT2D eigenvalue weighted by Gasteiger charge is 2.31. The number of nitrogen functional groups attached to an aromatic ring is 1. The predicted octanol–water partition coefficient (Wildman–Crippen LogP) is 1.86. The van der Waals surface area contributed by atoms with Gasteiger partial charge < -0.3 is 16.0 Å². The van der Waals surface area contributed by atoms with Crippen LogP contribution in [0, 0.1) is 5.92 Å². The maximum absolute atomic E-state index is 6.19. The molecule has 1 fully saturated rings. The van der Waals surface area contributed by atoms with Crippen LogP contribution in [0.3, 0.4) is 0 Å². The molecule has 5 rings (SSSR count). The first-order chi connectivity index (χ1) is 12.2. The molecule has 0 aliphatic heterocycles. The number of anilines is 1. The summed E-state index contributed by atoms with van der Waals surface area (Å²) < 4.78 is 2.22. The van der Waals surface area contributed by atoms with Gasteiger partial charge in [-0.25, -0.2) is 9.97 Å². The van der Waals surface area contributed by atoms with Crippen molar-refractivity contribution in [3.8, 4) is 11.1 Å². The van der Waals surface area contributed by atoms with Crippen molar-refractivity contribution in [2.75, 3.05) is 12.3 Å². The minimum absolute atomic E-state index is 0.412. The minimum atomic E-state index is 0.412. The van der Waals surface area contributed by atoms with Crippen molar-refractivity contribution in [1.82, 2.24) is 29.9 Å². The van der Waals surface area contributed by atoms with Crippen molar-refractivity contribution < 1.29 is 0 Å². The van der Waals surface area contributed by atoms with E-state index < -0.39 is 0 Å². The van der Waals surface area contributed by atoms with E-state index in [1.807, 2.05) is 18.2 Å². The summed E-state index contributed by atoms with van der Waals surface area (Å²) in [5.74, 6) is 1.09. The second-order valence-electron chi connectivity index (χ2n) is 6.66. The van der Waals surface area contributed by atoms with Crippen LogP contribution in [0.5, 0.6) is 0 Å². The van der Waals surface area contributed by atoms with E-state index in [0.717, 1.165) is 52.6 Å². The molecule has 3 aromatic heterocycles. The van der Waals surface area contributed by atoms with Gasteiger partial charge in [0, 0.05) is 17.8 Å². The van der Waals surface area contributed by atoms with Crippen LogP contribution in [0.2, 0.25) is 0 Å². The van der Waals surface area contributed by atoms with Crippen molar-refractivity contribution in [3.63, 3.8) is 0 Å². The number of nitrogens with one attached hydrogen (secondary N) is 1. The van der Waals surface area contributed by atoms with Gasteiger partial charge in [-0.15, -0.1) is 0 Å². The Hall–Kier alpha value is -3.00. The second-order valence-corrected chi connectivity index (χ2v) is 6.66. The Bertz CT molecular complexity index is 1070. The number of nitrogens with two attached hydrogens (primary N) is 2. The van der Waals surface area contributed by atoms with Gasteiger partial charge in [-0.1, -0.05) is 6.07 Å². The van der Waals surface area contributed by atoms with E-state index in [4.69, 9.17) is 11.5 Å². The van der Waals surface area contributed by atoms with Gasteiger partial charge in [-0.3, -0.25) is 0 Å². The van der Waals surface area contributed by atoms with Crippen molar-refractivity contribution >= 4 is 27.9 Å². The van der Waals surface area contributed by atoms with Gasteiger partial charge >= 0.3 is 0 Å². The van der Waals surface area contributed by atoms with Crippen LogP contribution >= 0.6 is 0 Å². The van der Waals surface area contributed by atoms with Crippen LogP contribution in [0.4, 0.5) is 5.82 Å². The average Bonchev–Trinajstić information content (AvgIpc) is 3.19. The van der Waals surface area contributed by atoms with E-state index in [0.29, 0.717) is 17.8 Å². The highest BCUT2D eigenvalue weighted by molar-refractivity contribution is 6.01. The molecule has 1 aromatic carbocycles. The van der Waals surface area contributed by atoms with Gasteiger partial charge in [0.05, 0.1) is 5.39 Å². The molecule has 0 atom stereocenters. The monoisotopic (exact) mass is 334 g/mol. The fraction of sp³-hybridized carbons (Fsp3) is 0.294. The molecular weight excluding hydrogens is 316 g/mol. The summed E-state index contributed by atoms with van der Waals surface area (Å²) in [6.45, 7) is 0.739. The van der Waals surface area contributed by atoms with Crippen LogP contribution in [-0.2, 0) is 0 Å². The average molecular weight is 334 g/mol. The number of hydrogen-bond donors (Lipinski definition) is 3. The Labute approximate surface area is 143 Å². The lowest BCUT2D eigenvalue weighted by atomic mass is 9.80. The zero-order valence-electron chi connectivity index (χ0n) is 13.6. The molecule has 0 spiro atoms. The molecule has 0 radical (unpaired) electrons. The van der Waals surface area contributed by atoms with E-state index in [-0.39, 0.29) is 0 Å². The number of nitrogens with zero attached hydrogens (tertiary/aromatic N) is 5. The molecule has 1 aliphatic rings. The number of fused-ring (bicyclic) bond motifs is 2. The van der Waals surface area contributed by atoms with E-state index in [1.54, 1.807) is 0 Å². The predicted molar refractivity (Wildman–Crippen MR) is 95.6 cm³/mol. The molecule has 4 aromatic rings. The van der Waals surface area contributed by atoms with Gasteiger partial charge in [0.2, 0.25) is 0 Å². The van der Waals surface area contributed by atoms with Crippen LogP contribution < -0.4 is 11.5 Å². The van der Waals surface area contributed by atoms with Gasteiger partial charge in [0.1, 0.15) is 28.8 Å². The summed E-state index contributed by atoms with van der Waals surface area (Å²) in [5, 5.41) is 11.8. The molecule has 0 bridgehead atoms. The zero-order valence-corrected chi connectivity index (χ0v) is 13.6. The lowest BCUT2D eigenvalue weighted by Crippen LogP contribution is -2.31. The number of aromatic nitrogens is 6. The van der Waals surface area contributed by atoms with Crippen LogP contribution in [0.1, 0.15) is 18.9 Å². The largest absolute Gasteiger partial charge is 0.383 e. The Morgan fingerprint density at radius 1 is 1.16 bits per heavy atom. The summed E-state index contributed by atoms with van der Waals surface area (Å²) in [5.41, 5.74) is 16.6. The quantitative estimate of drug-likeness (QED) is 0.525. The molecule has 25 heavy (non-hydrogen) atoms. The lowest BCUT2D eigenvalue weighted by Gasteiger charge is -2.35. The topological polar surface area (TPSA) is 124 Å². The lowest BCUT2D eigenvalue weighted by molar-refractivity contribution is 0.209. The fourth-order valence-corrected chi connectivity index (χ4v) is 3.73. The van der Waals surface area contributed by atoms with Crippen LogP contribution in [0.25, 0.3) is 33.2 Å². The van der Waals surface area contributed by atoms with Crippen molar-refractivity contribution in [1.29, 1.82) is 0 Å². The molecule has 8 heteroatoms. The third-order valence-electron chi connectivity index (χ3n) is 5.20. The summed E-state index contributed by atoms with van der Waals surface area (Å²) in [7, 11) is 0. The van der Waals surface area contributed by atoms with Crippen LogP contribution in [-0.4, -0.2) is 36.5 Å². The summed E-state index contributed by atoms with van der Waals surface area (Å²) in [4.78, 5) is 8.69. The number of hydrogen-bond acceptors (Lipinski definition) is 6. The Balaban J connectivity index is 1.69. The minimum Gasteiger partial charge on any atom is -0.383 e. The first kappa shape index (κ1) is 14.4. The number of rotatable bonds is 3. The summed E-state index contributed by atoms with van der Waals surface area (Å²) in [6, 6.07) is 6.40. The molecule has 8 nitrogen and oxygen atoms in total. The van der Waals surface area contributed by atoms with E-state index in [9.17, 15) is 0 Å². The third kappa shape index (κ3) is 2.11. The Morgan fingerprint density at radius 3 is 2.84 bits per heavy atom. The molecule has 0 saturated heterocycles. The second kappa shape index (κ2) is 5.25. The standard InChI is InChI=1S/C17H18N8/c18-6-9-3-11(4-9)25-7-12(15-16(19)20-8-21-17(15)25)10-1-2-13-14(5-10)23-24-22-13/h1-2,5,7-9,11H,3-4,6,18H2,(H2,19,20,21)(H,22,23,24). The maximum atomic E-state index is 6.19. The molecule has 0 amide bonds. The normalized spacial score (nSPS) is 20.2. The molecule has 126 valence electrons. The summed E-state index contributed by atoms with van der Waals surface area (Å²) in [6.07, 6.45) is 5.81. The maximum Gasteiger partial charge on any atom is 0.146 e. The summed E-state index contributed by atoms with van der Waals surface area (Å²) >= 11 is 0. The molecule has 0 unspecified atom stereocenters. The van der Waals surface area contributed by atoms with E-state index >= 15 is 0 Å². The number of aromatic amines is 1. The fourth-order valence-electron chi connectivity index (χ4n) is 3.73. The molecule has 1 saturated carbocycles. The van der Waals surface area contributed by atoms with Crippen molar-refractivity contribution in [2.45, 2.75) is 18.9 Å². The van der Waals surface area contributed by atoms with Gasteiger partial charge in [-0.2, -0.15) is 15.4 Å². The number of benzene rings is 1. The first-order valence-electron chi connectivity index (χ1n) is 8.36. The number of H-pyrrole nitrogens is 1. The SMILES string of the molecule is NCC1CC(n2cc(-c3ccc4n[nH]nc4c3)c3c(N)ncnc32)C1. The smallest absolute Gasteiger partial charge is 0.146 e.